The molecule has 8 heteroatoms. The minimum atomic E-state index is -0.945. The Balaban J connectivity index is 2.93. The van der Waals surface area contributed by atoms with Gasteiger partial charge in [-0.05, 0) is 73.1 Å². The van der Waals surface area contributed by atoms with Crippen LogP contribution >= 0.6 is 0 Å². The summed E-state index contributed by atoms with van der Waals surface area (Å²) >= 11 is 0. The molecule has 0 aliphatic carbocycles. The Kier molecular flexibility index (Phi) is 8.69. The van der Waals surface area contributed by atoms with Crippen LogP contribution in [0.15, 0.2) is 24.3 Å². The van der Waals surface area contributed by atoms with Gasteiger partial charge in [0.15, 0.2) is 0 Å². The summed E-state index contributed by atoms with van der Waals surface area (Å²) in [6, 6.07) is 5.98. The maximum atomic E-state index is 12.5. The second kappa shape index (κ2) is 10.3. The number of carbonyl (C=O) groups is 3. The van der Waals surface area contributed by atoms with Gasteiger partial charge >= 0.3 is 18.2 Å². The Labute approximate surface area is 178 Å². The zero-order chi connectivity index (χ0) is 23.1. The molecule has 0 aliphatic rings. The van der Waals surface area contributed by atoms with Crippen molar-refractivity contribution in [1.82, 2.24) is 5.32 Å². The van der Waals surface area contributed by atoms with Gasteiger partial charge in [0.25, 0.3) is 0 Å². The predicted molar refractivity (Wildman–Crippen MR) is 114 cm³/mol. The highest BCUT2D eigenvalue weighted by molar-refractivity contribution is 5.85. The van der Waals surface area contributed by atoms with Gasteiger partial charge in [0, 0.05) is 12.1 Å². The normalized spacial score (nSPS) is 12.7. The molecule has 0 spiro atoms. The average molecular weight is 423 g/mol. The highest BCUT2D eigenvalue weighted by atomic mass is 16.6. The molecular formula is C22H34N2O6. The van der Waals surface area contributed by atoms with Crippen LogP contribution in [0.1, 0.15) is 61.0 Å². The van der Waals surface area contributed by atoms with E-state index in [0.29, 0.717) is 11.3 Å². The molecule has 0 saturated carbocycles. The van der Waals surface area contributed by atoms with Crippen LogP contribution in [0.25, 0.3) is 0 Å². The topological polar surface area (TPSA) is 103 Å². The molecule has 2 N–H and O–H groups in total. The van der Waals surface area contributed by atoms with Gasteiger partial charge in [0.05, 0.1) is 6.10 Å². The van der Waals surface area contributed by atoms with Crippen molar-refractivity contribution in [2.75, 3.05) is 5.32 Å². The van der Waals surface area contributed by atoms with E-state index < -0.39 is 35.4 Å². The molecule has 0 radical (unpaired) electrons. The molecule has 8 nitrogen and oxygen atoms in total. The summed E-state index contributed by atoms with van der Waals surface area (Å²) in [6.45, 7) is 14.0. The number of esters is 1. The first-order valence-electron chi connectivity index (χ1n) is 9.93. The van der Waals surface area contributed by atoms with Gasteiger partial charge < -0.3 is 19.5 Å². The van der Waals surface area contributed by atoms with Crippen molar-refractivity contribution in [2.45, 2.75) is 85.2 Å². The lowest BCUT2D eigenvalue weighted by Gasteiger charge is -2.23. The van der Waals surface area contributed by atoms with Crippen LogP contribution in [0.2, 0.25) is 0 Å². The molecule has 1 atom stereocenters. The average Bonchev–Trinajstić information content (AvgIpc) is 2.50. The zero-order valence-electron chi connectivity index (χ0n) is 19.1. The summed E-state index contributed by atoms with van der Waals surface area (Å²) in [5, 5.41) is 5.23. The highest BCUT2D eigenvalue weighted by Crippen LogP contribution is 2.16. The van der Waals surface area contributed by atoms with Crippen LogP contribution in [-0.4, -0.2) is 41.5 Å². The molecule has 0 heterocycles. The third-order valence-corrected chi connectivity index (χ3v) is 3.34. The number of nitrogens with one attached hydrogen (secondary N) is 2. The molecular weight excluding hydrogens is 388 g/mol. The molecule has 0 aliphatic heterocycles. The van der Waals surface area contributed by atoms with Crippen molar-refractivity contribution in [3.8, 4) is 0 Å². The van der Waals surface area contributed by atoms with Crippen molar-refractivity contribution < 1.29 is 28.6 Å². The molecule has 0 saturated heterocycles. The van der Waals surface area contributed by atoms with Crippen LogP contribution in [0.5, 0.6) is 0 Å². The molecule has 30 heavy (non-hydrogen) atoms. The fraction of sp³-hybridized carbons (Fsp3) is 0.591. The minimum Gasteiger partial charge on any atom is -0.461 e. The Morgan fingerprint density at radius 3 is 2.03 bits per heavy atom. The van der Waals surface area contributed by atoms with E-state index in [1.54, 1.807) is 79.7 Å². The lowest BCUT2D eigenvalue weighted by molar-refractivity contribution is -0.149. The molecule has 0 fully saturated rings. The molecule has 1 unspecified atom stereocenters. The lowest BCUT2D eigenvalue weighted by Crippen LogP contribution is -2.46. The minimum absolute atomic E-state index is 0.161. The number of amides is 2. The summed E-state index contributed by atoms with van der Waals surface area (Å²) in [4.78, 5) is 36.7. The van der Waals surface area contributed by atoms with E-state index in [1.165, 1.54) is 0 Å². The van der Waals surface area contributed by atoms with Crippen LogP contribution in [0, 0.1) is 0 Å². The van der Waals surface area contributed by atoms with Crippen molar-refractivity contribution in [3.63, 3.8) is 0 Å². The van der Waals surface area contributed by atoms with Gasteiger partial charge in [-0.15, -0.1) is 0 Å². The first-order valence-corrected chi connectivity index (χ1v) is 9.93. The SMILES string of the molecule is CC(C)OC(=O)C(Cc1cccc(NC(=O)OC(C)(C)C)c1)NC(=O)OC(C)(C)C. The van der Waals surface area contributed by atoms with E-state index in [-0.39, 0.29) is 12.5 Å². The highest BCUT2D eigenvalue weighted by Gasteiger charge is 2.26. The fourth-order valence-electron chi connectivity index (χ4n) is 2.39. The number of carbonyl (C=O) groups excluding carboxylic acids is 3. The van der Waals surface area contributed by atoms with Gasteiger partial charge in [-0.3, -0.25) is 5.32 Å². The molecule has 168 valence electrons. The number of ether oxygens (including phenoxy) is 3. The Morgan fingerprint density at radius 2 is 1.50 bits per heavy atom. The summed E-state index contributed by atoms with van der Waals surface area (Å²) in [6.07, 6.45) is -1.46. The maximum Gasteiger partial charge on any atom is 0.412 e. The van der Waals surface area contributed by atoms with E-state index in [9.17, 15) is 14.4 Å². The molecule has 1 aromatic rings. The summed E-state index contributed by atoms with van der Waals surface area (Å²) < 4.78 is 15.8. The molecule has 1 aromatic carbocycles. The van der Waals surface area contributed by atoms with Crippen LogP contribution in [0.3, 0.4) is 0 Å². The lowest BCUT2D eigenvalue weighted by atomic mass is 10.1. The van der Waals surface area contributed by atoms with E-state index in [1.807, 2.05) is 0 Å². The van der Waals surface area contributed by atoms with Gasteiger partial charge in [-0.2, -0.15) is 0 Å². The fourth-order valence-corrected chi connectivity index (χ4v) is 2.39. The maximum absolute atomic E-state index is 12.5. The van der Waals surface area contributed by atoms with E-state index >= 15 is 0 Å². The summed E-state index contributed by atoms with van der Waals surface area (Å²) in [5.74, 6) is -0.568. The van der Waals surface area contributed by atoms with Crippen LogP contribution in [-0.2, 0) is 25.4 Å². The van der Waals surface area contributed by atoms with E-state index in [0.717, 1.165) is 0 Å². The third-order valence-electron chi connectivity index (χ3n) is 3.34. The predicted octanol–water partition coefficient (Wildman–Crippen LogP) is 4.42. The zero-order valence-corrected chi connectivity index (χ0v) is 19.1. The van der Waals surface area contributed by atoms with Gasteiger partial charge in [-0.25, -0.2) is 14.4 Å². The van der Waals surface area contributed by atoms with E-state index in [2.05, 4.69) is 10.6 Å². The Hall–Kier alpha value is -2.77. The number of hydrogen-bond donors (Lipinski definition) is 2. The van der Waals surface area contributed by atoms with E-state index in [4.69, 9.17) is 14.2 Å². The monoisotopic (exact) mass is 422 g/mol. The standard InChI is InChI=1S/C22H34N2O6/c1-14(2)28-18(25)17(24-20(27)30-22(6,7)8)13-15-10-9-11-16(12-15)23-19(26)29-21(3,4)5/h9-12,14,17H,13H2,1-8H3,(H,23,26)(H,24,27). The Morgan fingerprint density at radius 1 is 0.933 bits per heavy atom. The molecule has 0 bridgehead atoms. The largest absolute Gasteiger partial charge is 0.461 e. The first kappa shape index (κ1) is 25.3. The van der Waals surface area contributed by atoms with Gasteiger partial charge in [0.2, 0.25) is 0 Å². The van der Waals surface area contributed by atoms with Gasteiger partial charge in [-0.1, -0.05) is 12.1 Å². The van der Waals surface area contributed by atoms with Crippen molar-refractivity contribution in [2.24, 2.45) is 0 Å². The number of hydrogen-bond acceptors (Lipinski definition) is 6. The molecule has 0 aromatic heterocycles. The summed E-state index contributed by atoms with van der Waals surface area (Å²) in [5.41, 5.74) is -0.0983. The second-order valence-electron chi connectivity index (χ2n) is 9.22. The van der Waals surface area contributed by atoms with Gasteiger partial charge in [0.1, 0.15) is 17.2 Å². The number of anilines is 1. The van der Waals surface area contributed by atoms with Crippen molar-refractivity contribution >= 4 is 23.8 Å². The Bertz CT molecular complexity index is 747. The number of alkyl carbamates (subject to hydrolysis) is 1. The summed E-state index contributed by atoms with van der Waals surface area (Å²) in [7, 11) is 0. The number of benzene rings is 1. The quantitative estimate of drug-likeness (QED) is 0.520. The van der Waals surface area contributed by atoms with Crippen LogP contribution in [0.4, 0.5) is 15.3 Å². The second-order valence-corrected chi connectivity index (χ2v) is 9.22. The third kappa shape index (κ3) is 10.7. The number of rotatable bonds is 6. The first-order chi connectivity index (χ1) is 13.6. The van der Waals surface area contributed by atoms with Crippen LogP contribution < -0.4 is 10.6 Å². The van der Waals surface area contributed by atoms with Crippen molar-refractivity contribution in [1.29, 1.82) is 0 Å². The smallest absolute Gasteiger partial charge is 0.412 e. The molecule has 2 amide bonds. The molecule has 1 rings (SSSR count). The van der Waals surface area contributed by atoms with Crippen molar-refractivity contribution in [3.05, 3.63) is 29.8 Å².